The van der Waals surface area contributed by atoms with Crippen molar-refractivity contribution in [3.8, 4) is 0 Å². The summed E-state index contributed by atoms with van der Waals surface area (Å²) in [5, 5.41) is 16.2. The number of hydrogen-bond donors (Lipinski definition) is 2. The van der Waals surface area contributed by atoms with Gasteiger partial charge in [-0.2, -0.15) is 0 Å². The van der Waals surface area contributed by atoms with Crippen molar-refractivity contribution in [3.05, 3.63) is 23.9 Å². The largest absolute Gasteiger partial charge is 0.384 e. The zero-order valence-corrected chi connectivity index (χ0v) is 15.8. The van der Waals surface area contributed by atoms with Crippen molar-refractivity contribution >= 4 is 18.2 Å². The Labute approximate surface area is 129 Å². The van der Waals surface area contributed by atoms with Gasteiger partial charge in [-0.15, -0.1) is 0 Å². The van der Waals surface area contributed by atoms with Crippen molar-refractivity contribution in [2.24, 2.45) is 9.17 Å². The maximum absolute atomic E-state index is 12.8. The fourth-order valence-electron chi connectivity index (χ4n) is 1.44. The van der Waals surface area contributed by atoms with Crippen LogP contribution >= 0.6 is 0 Å². The quantitative estimate of drug-likeness (QED) is 0.835. The van der Waals surface area contributed by atoms with Crippen LogP contribution in [0, 0.1) is 0 Å². The van der Waals surface area contributed by atoms with Gasteiger partial charge < -0.3 is 5.11 Å². The smallest absolute Gasteiger partial charge is 0.195 e. The first-order valence-corrected chi connectivity index (χ1v) is 11.5. The van der Waals surface area contributed by atoms with Crippen molar-refractivity contribution in [1.82, 2.24) is 4.98 Å². The van der Waals surface area contributed by atoms with Gasteiger partial charge in [0.2, 0.25) is 0 Å². The molecule has 1 unspecified atom stereocenters. The average molecular weight is 330 g/mol. The van der Waals surface area contributed by atoms with E-state index in [4.69, 9.17) is 5.14 Å². The highest BCUT2D eigenvalue weighted by molar-refractivity contribution is 7.92. The molecule has 1 atom stereocenters. The molecule has 0 saturated heterocycles. The van der Waals surface area contributed by atoms with Gasteiger partial charge in [0, 0.05) is 0 Å². The van der Waals surface area contributed by atoms with Crippen LogP contribution in [0.2, 0.25) is 18.1 Å². The number of rotatable bonds is 3. The SMILES string of the molecule is CC(C)(O)c1cccc(S(N)(=O)=N[Si](C)(C)C(C)(C)C)n1. The third-order valence-corrected chi connectivity index (χ3v) is 11.3. The minimum absolute atomic E-state index is 0.0527. The fraction of sp³-hybridized carbons (Fsp3) is 0.643. The normalized spacial score (nSPS) is 16.4. The molecule has 0 radical (unpaired) electrons. The van der Waals surface area contributed by atoms with Gasteiger partial charge in [0.1, 0.15) is 20.5 Å². The van der Waals surface area contributed by atoms with Gasteiger partial charge in [-0.1, -0.05) is 26.8 Å². The van der Waals surface area contributed by atoms with Gasteiger partial charge in [0.25, 0.3) is 0 Å². The molecular formula is C14H27N3O2SSi. The van der Waals surface area contributed by atoms with Gasteiger partial charge in [0.15, 0.2) is 8.24 Å². The molecule has 0 fully saturated rings. The Bertz CT molecular complexity index is 636. The lowest BCUT2D eigenvalue weighted by Gasteiger charge is -2.32. The van der Waals surface area contributed by atoms with E-state index < -0.39 is 23.8 Å². The maximum Gasteiger partial charge on any atom is 0.195 e. The second-order valence-corrected chi connectivity index (χ2v) is 14.3. The average Bonchev–Trinajstić information content (AvgIpc) is 2.25. The van der Waals surface area contributed by atoms with Crippen molar-refractivity contribution in [3.63, 3.8) is 0 Å². The summed E-state index contributed by atoms with van der Waals surface area (Å²) in [6, 6.07) is 4.99. The zero-order chi connectivity index (χ0) is 16.7. The highest BCUT2D eigenvalue weighted by atomic mass is 32.2. The summed E-state index contributed by atoms with van der Waals surface area (Å²) in [4.78, 5) is 4.26. The molecule has 7 heteroatoms. The van der Waals surface area contributed by atoms with Crippen molar-refractivity contribution in [1.29, 1.82) is 0 Å². The van der Waals surface area contributed by atoms with E-state index in [1.807, 2.05) is 13.1 Å². The Morgan fingerprint density at radius 1 is 1.24 bits per heavy atom. The predicted molar refractivity (Wildman–Crippen MR) is 89.7 cm³/mol. The molecule has 120 valence electrons. The van der Waals surface area contributed by atoms with Crippen LogP contribution in [-0.2, 0) is 15.5 Å². The highest BCUT2D eigenvalue weighted by Crippen LogP contribution is 2.37. The van der Waals surface area contributed by atoms with E-state index in [1.54, 1.807) is 32.0 Å². The molecule has 0 aliphatic carbocycles. The van der Waals surface area contributed by atoms with Crippen LogP contribution in [0.25, 0.3) is 0 Å². The van der Waals surface area contributed by atoms with Gasteiger partial charge in [-0.25, -0.2) is 14.3 Å². The second kappa shape index (κ2) is 5.46. The molecule has 1 aromatic heterocycles. The van der Waals surface area contributed by atoms with Gasteiger partial charge >= 0.3 is 0 Å². The Morgan fingerprint density at radius 2 is 1.76 bits per heavy atom. The molecule has 5 nitrogen and oxygen atoms in total. The molecule has 0 saturated carbocycles. The molecule has 3 N–H and O–H groups in total. The van der Waals surface area contributed by atoms with E-state index in [0.29, 0.717) is 5.69 Å². The summed E-state index contributed by atoms with van der Waals surface area (Å²) >= 11 is 0. The van der Waals surface area contributed by atoms with Crippen LogP contribution in [-0.4, -0.2) is 22.5 Å². The minimum Gasteiger partial charge on any atom is -0.384 e. The van der Waals surface area contributed by atoms with Gasteiger partial charge in [-0.3, -0.25) is 4.03 Å². The van der Waals surface area contributed by atoms with E-state index in [0.717, 1.165) is 0 Å². The molecular weight excluding hydrogens is 302 g/mol. The van der Waals surface area contributed by atoms with Crippen molar-refractivity contribution in [2.45, 2.75) is 63.4 Å². The molecule has 0 aliphatic rings. The lowest BCUT2D eigenvalue weighted by molar-refractivity contribution is 0.0732. The van der Waals surface area contributed by atoms with Gasteiger partial charge in [-0.05, 0) is 44.1 Å². The van der Waals surface area contributed by atoms with Crippen molar-refractivity contribution < 1.29 is 9.32 Å². The third-order valence-electron chi connectivity index (χ3n) is 3.85. The molecule has 0 spiro atoms. The van der Waals surface area contributed by atoms with E-state index >= 15 is 0 Å². The highest BCUT2D eigenvalue weighted by Gasteiger charge is 2.37. The number of pyridine rings is 1. The lowest BCUT2D eigenvalue weighted by atomic mass is 10.1. The van der Waals surface area contributed by atoms with Crippen LogP contribution < -0.4 is 5.14 Å². The van der Waals surface area contributed by atoms with Crippen molar-refractivity contribution in [2.75, 3.05) is 0 Å². The molecule has 0 bridgehead atoms. The van der Waals surface area contributed by atoms with Gasteiger partial charge in [0.05, 0.1) is 5.69 Å². The topological polar surface area (TPSA) is 88.6 Å². The number of nitrogens with zero attached hydrogens (tertiary/aromatic N) is 2. The third kappa shape index (κ3) is 4.35. The molecule has 0 aromatic carbocycles. The van der Waals surface area contributed by atoms with Crippen LogP contribution in [0.5, 0.6) is 0 Å². The first kappa shape index (κ1) is 18.3. The number of hydrogen-bond acceptors (Lipinski definition) is 4. The van der Waals surface area contributed by atoms with E-state index in [-0.39, 0.29) is 10.1 Å². The molecule has 1 rings (SSSR count). The predicted octanol–water partition coefficient (Wildman–Crippen LogP) is 3.01. The molecule has 21 heavy (non-hydrogen) atoms. The van der Waals surface area contributed by atoms with E-state index in [9.17, 15) is 9.32 Å². The summed E-state index contributed by atoms with van der Waals surface area (Å²) in [6.45, 7) is 13.6. The minimum atomic E-state index is -3.07. The number of nitrogens with two attached hydrogens (primary N) is 1. The zero-order valence-electron chi connectivity index (χ0n) is 14.0. The Morgan fingerprint density at radius 3 is 2.19 bits per heavy atom. The van der Waals surface area contributed by atoms with E-state index in [2.05, 4.69) is 29.8 Å². The van der Waals surface area contributed by atoms with Crippen LogP contribution in [0.4, 0.5) is 0 Å². The summed E-state index contributed by atoms with van der Waals surface area (Å²) in [6.07, 6.45) is 0. The fourth-order valence-corrected chi connectivity index (χ4v) is 6.13. The molecule has 0 aliphatic heterocycles. The van der Waals surface area contributed by atoms with Crippen LogP contribution in [0.15, 0.2) is 27.3 Å². The molecule has 1 heterocycles. The van der Waals surface area contributed by atoms with E-state index in [1.165, 1.54) is 0 Å². The molecule has 1 aromatic rings. The second-order valence-electron chi connectivity index (χ2n) is 7.39. The number of aliphatic hydroxyl groups is 1. The van der Waals surface area contributed by atoms with Crippen LogP contribution in [0.1, 0.15) is 40.3 Å². The van der Waals surface area contributed by atoms with Crippen LogP contribution in [0.3, 0.4) is 0 Å². The summed E-state index contributed by atoms with van der Waals surface area (Å²) < 4.78 is 17.3. The monoisotopic (exact) mass is 329 g/mol. The first-order chi connectivity index (χ1) is 9.17. The number of aromatic nitrogens is 1. The first-order valence-electron chi connectivity index (χ1n) is 6.93. The summed E-state index contributed by atoms with van der Waals surface area (Å²) in [5.74, 6) is 0. The standard InChI is InChI=1S/C14H27N3O2SSi/c1-13(2,3)21(6,7)17-20(15,19)12-10-8-9-11(16-12)14(4,5)18/h8-10,18H,1-7H3,(H2,15,17,19). The Hall–Kier alpha value is -0.763. The Balaban J connectivity index is 3.42. The molecule has 0 amide bonds. The lowest BCUT2D eigenvalue weighted by Crippen LogP contribution is -2.37. The maximum atomic E-state index is 12.8. The Kier molecular flexibility index (Phi) is 4.75. The summed E-state index contributed by atoms with van der Waals surface area (Å²) in [5.41, 5.74) is -0.675. The summed E-state index contributed by atoms with van der Waals surface area (Å²) in [7, 11) is -5.23.